The van der Waals surface area contributed by atoms with Crippen LogP contribution in [0.2, 0.25) is 0 Å². The zero-order valence-corrected chi connectivity index (χ0v) is 18.9. The molecule has 0 aromatic carbocycles. The third kappa shape index (κ3) is 20.3. The Morgan fingerprint density at radius 1 is 1.00 bits per heavy atom. The fraction of sp³-hybridized carbons (Fsp3) is 0.850. The first-order valence-corrected chi connectivity index (χ1v) is 12.1. The Labute approximate surface area is 175 Å². The van der Waals surface area contributed by atoms with Gasteiger partial charge >= 0.3 is 13.8 Å². The molecule has 2 unspecified atom stereocenters. The van der Waals surface area contributed by atoms with E-state index in [0.29, 0.717) is 6.61 Å². The summed E-state index contributed by atoms with van der Waals surface area (Å²) in [5.74, 6) is -0.512. The lowest BCUT2D eigenvalue weighted by molar-refractivity contribution is -0.151. The van der Waals surface area contributed by atoms with E-state index in [2.05, 4.69) is 23.6 Å². The molecule has 2 atom stereocenters. The molecule has 0 amide bonds. The maximum atomic E-state index is 11.6. The second-order valence-corrected chi connectivity index (χ2v) is 8.32. The molecule has 0 bridgehead atoms. The second kappa shape index (κ2) is 19.2. The Balaban J connectivity index is 3.79. The molecular weight excluding hydrogens is 397 g/mol. The van der Waals surface area contributed by atoms with Crippen LogP contribution in [-0.4, -0.2) is 49.9 Å². The molecule has 0 radical (unpaired) electrons. The van der Waals surface area contributed by atoms with Crippen LogP contribution in [0.4, 0.5) is 0 Å². The van der Waals surface area contributed by atoms with Crippen LogP contribution in [0.15, 0.2) is 12.2 Å². The van der Waals surface area contributed by atoms with Crippen LogP contribution in [0.25, 0.3) is 0 Å². The van der Waals surface area contributed by atoms with Gasteiger partial charge in [0.25, 0.3) is 0 Å². The third-order valence-electron chi connectivity index (χ3n) is 3.96. The van der Waals surface area contributed by atoms with Gasteiger partial charge in [0.15, 0.2) is 0 Å². The van der Waals surface area contributed by atoms with Crippen LogP contribution in [0.3, 0.4) is 0 Å². The number of hydrogen-bond donors (Lipinski definition) is 2. The second-order valence-electron chi connectivity index (χ2n) is 6.86. The number of allylic oxidation sites excluding steroid dienone is 2. The van der Waals surface area contributed by atoms with E-state index in [1.54, 1.807) is 0 Å². The summed E-state index contributed by atoms with van der Waals surface area (Å²) in [5, 5.41) is 0. The van der Waals surface area contributed by atoms with Gasteiger partial charge in [-0.15, -0.1) is 0 Å². The maximum absolute atomic E-state index is 11.6. The van der Waals surface area contributed by atoms with E-state index in [4.69, 9.17) is 19.7 Å². The predicted molar refractivity (Wildman–Crippen MR) is 114 cm³/mol. The van der Waals surface area contributed by atoms with E-state index in [0.717, 1.165) is 12.8 Å². The maximum Gasteiger partial charge on any atom is 0.472 e. The van der Waals surface area contributed by atoms with Crippen molar-refractivity contribution < 1.29 is 32.8 Å². The normalized spacial score (nSPS) is 14.8. The zero-order chi connectivity index (χ0) is 21.8. The Kier molecular flexibility index (Phi) is 18.7. The molecule has 0 rings (SSSR count). The highest BCUT2D eigenvalue weighted by Crippen LogP contribution is 2.42. The number of phosphoric acid groups is 1. The number of phosphoric ester groups is 1. The number of hydrogen-bond acceptors (Lipinski definition) is 7. The van der Waals surface area contributed by atoms with Gasteiger partial charge in [-0.25, -0.2) is 4.57 Å². The fourth-order valence-corrected chi connectivity index (χ4v) is 3.29. The summed E-state index contributed by atoms with van der Waals surface area (Å²) in [6, 6.07) is 0. The molecule has 0 aliphatic heterocycles. The number of ether oxygens (including phenoxy) is 2. The van der Waals surface area contributed by atoms with E-state index >= 15 is 0 Å². The van der Waals surface area contributed by atoms with Crippen molar-refractivity contribution in [3.8, 4) is 0 Å². The number of rotatable bonds is 20. The summed E-state index contributed by atoms with van der Waals surface area (Å²) in [4.78, 5) is 20.7. The minimum Gasteiger partial charge on any atom is -0.458 e. The third-order valence-corrected chi connectivity index (χ3v) is 4.95. The Hall–Kier alpha value is -0.760. The number of esters is 1. The highest BCUT2D eigenvalue weighted by molar-refractivity contribution is 7.47. The summed E-state index contributed by atoms with van der Waals surface area (Å²) >= 11 is 0. The Morgan fingerprint density at radius 2 is 1.66 bits per heavy atom. The topological polar surface area (TPSA) is 117 Å². The Morgan fingerprint density at radius 3 is 2.31 bits per heavy atom. The van der Waals surface area contributed by atoms with E-state index in [1.807, 2.05) is 0 Å². The van der Waals surface area contributed by atoms with Crippen LogP contribution in [0.1, 0.15) is 71.6 Å². The molecule has 0 fully saturated rings. The van der Waals surface area contributed by atoms with Gasteiger partial charge < -0.3 is 20.1 Å². The summed E-state index contributed by atoms with van der Waals surface area (Å²) < 4.78 is 31.7. The molecule has 3 N–H and O–H groups in total. The fourth-order valence-electron chi connectivity index (χ4n) is 2.52. The predicted octanol–water partition coefficient (Wildman–Crippen LogP) is 4.11. The van der Waals surface area contributed by atoms with Crippen molar-refractivity contribution in [2.24, 2.45) is 5.73 Å². The van der Waals surface area contributed by atoms with Crippen molar-refractivity contribution >= 4 is 13.8 Å². The van der Waals surface area contributed by atoms with Crippen molar-refractivity contribution in [1.82, 2.24) is 0 Å². The van der Waals surface area contributed by atoms with Crippen LogP contribution < -0.4 is 5.73 Å². The highest BCUT2D eigenvalue weighted by Gasteiger charge is 2.24. The number of carbonyl (C=O) groups excluding carboxylic acids is 1. The number of unbranched alkanes of at least 4 members (excludes halogenated alkanes) is 7. The molecule has 0 aliphatic rings. The van der Waals surface area contributed by atoms with E-state index in [1.165, 1.54) is 51.9 Å². The standard InChI is InChI=1S/C20H40NO7P/c1-3-4-5-6-7-8-9-10-11-12-13-15-25-17-20(28-19(2)22)18-27-29(23,24)26-16-14-21/h5-6,20H,3-4,7-18,21H2,1-2H3,(H,23,24)/b6-5-. The van der Waals surface area contributed by atoms with Gasteiger partial charge in [-0.3, -0.25) is 13.8 Å². The van der Waals surface area contributed by atoms with Gasteiger partial charge in [-0.05, 0) is 25.7 Å². The molecule has 8 nitrogen and oxygen atoms in total. The van der Waals surface area contributed by atoms with Crippen molar-refractivity contribution in [3.63, 3.8) is 0 Å². The summed E-state index contributed by atoms with van der Waals surface area (Å²) in [6.07, 6.45) is 14.2. The highest BCUT2D eigenvalue weighted by atomic mass is 31.2. The van der Waals surface area contributed by atoms with Gasteiger partial charge in [-0.2, -0.15) is 0 Å². The van der Waals surface area contributed by atoms with Crippen LogP contribution >= 0.6 is 7.82 Å². The molecule has 0 saturated carbocycles. The van der Waals surface area contributed by atoms with E-state index in [9.17, 15) is 14.3 Å². The van der Waals surface area contributed by atoms with Crippen molar-refractivity contribution in [2.45, 2.75) is 77.7 Å². The van der Waals surface area contributed by atoms with Gasteiger partial charge in [0, 0.05) is 20.1 Å². The SMILES string of the molecule is CCC/C=C\CCCCCCCCOCC(COP(=O)(O)OCCN)OC(C)=O. The lowest BCUT2D eigenvalue weighted by Crippen LogP contribution is -2.27. The summed E-state index contributed by atoms with van der Waals surface area (Å²) in [5.41, 5.74) is 5.21. The van der Waals surface area contributed by atoms with Crippen LogP contribution in [-0.2, 0) is 27.9 Å². The quantitative estimate of drug-likeness (QED) is 0.126. The monoisotopic (exact) mass is 437 g/mol. The first kappa shape index (κ1) is 28.2. The van der Waals surface area contributed by atoms with Gasteiger partial charge in [0.05, 0.1) is 19.8 Å². The van der Waals surface area contributed by atoms with Crippen LogP contribution in [0, 0.1) is 0 Å². The van der Waals surface area contributed by atoms with Crippen molar-refractivity contribution in [2.75, 3.05) is 33.0 Å². The molecule has 9 heteroatoms. The molecule has 29 heavy (non-hydrogen) atoms. The lowest BCUT2D eigenvalue weighted by atomic mass is 10.1. The van der Waals surface area contributed by atoms with Crippen molar-refractivity contribution in [1.29, 1.82) is 0 Å². The van der Waals surface area contributed by atoms with Gasteiger partial charge in [0.2, 0.25) is 0 Å². The minimum atomic E-state index is -4.21. The Bertz CT molecular complexity index is 474. The lowest BCUT2D eigenvalue weighted by Gasteiger charge is -2.19. The molecule has 0 aromatic rings. The van der Waals surface area contributed by atoms with Gasteiger partial charge in [-0.1, -0.05) is 51.2 Å². The first-order valence-electron chi connectivity index (χ1n) is 10.6. The molecule has 0 heterocycles. The minimum absolute atomic E-state index is 0.0976. The number of carbonyl (C=O) groups is 1. The molecule has 0 aromatic heterocycles. The molecule has 0 aliphatic carbocycles. The van der Waals surface area contributed by atoms with Crippen LogP contribution in [0.5, 0.6) is 0 Å². The number of nitrogens with two attached hydrogens (primary N) is 1. The first-order chi connectivity index (χ1) is 13.9. The van der Waals surface area contributed by atoms with E-state index < -0.39 is 19.9 Å². The smallest absolute Gasteiger partial charge is 0.458 e. The van der Waals surface area contributed by atoms with E-state index in [-0.39, 0.29) is 26.4 Å². The molecule has 172 valence electrons. The summed E-state index contributed by atoms with van der Waals surface area (Å²) in [7, 11) is -4.21. The summed E-state index contributed by atoms with van der Waals surface area (Å²) in [6.45, 7) is 3.79. The largest absolute Gasteiger partial charge is 0.472 e. The van der Waals surface area contributed by atoms with Crippen molar-refractivity contribution in [3.05, 3.63) is 12.2 Å². The van der Waals surface area contributed by atoms with Gasteiger partial charge in [0.1, 0.15) is 6.10 Å². The zero-order valence-electron chi connectivity index (χ0n) is 18.1. The molecule has 0 saturated heterocycles. The average molecular weight is 438 g/mol. The average Bonchev–Trinajstić information content (AvgIpc) is 2.67. The molecule has 0 spiro atoms. The molecular formula is C20H40NO7P.